The fraction of sp³-hybridized carbons (Fsp3) is 0.200. The normalized spacial score (nSPS) is 9.92. The Labute approximate surface area is 159 Å². The summed E-state index contributed by atoms with van der Waals surface area (Å²) in [6.45, 7) is 2.10. The summed E-state index contributed by atoms with van der Waals surface area (Å²) in [4.78, 5) is 4.39. The quantitative estimate of drug-likeness (QED) is 0.696. The van der Waals surface area contributed by atoms with E-state index < -0.39 is 0 Å². The number of halogens is 1. The van der Waals surface area contributed by atoms with Gasteiger partial charge in [0.1, 0.15) is 17.6 Å². The van der Waals surface area contributed by atoms with Gasteiger partial charge in [-0.2, -0.15) is 5.26 Å². The van der Waals surface area contributed by atoms with E-state index >= 15 is 0 Å². The topological polar surface area (TPSA) is 67.2 Å². The molecule has 0 fully saturated rings. The number of aromatic nitrogens is 1. The first-order valence-electron chi connectivity index (χ1n) is 8.01. The first-order chi connectivity index (χ1) is 12.2. The summed E-state index contributed by atoms with van der Waals surface area (Å²) >= 11 is 0. The van der Waals surface area contributed by atoms with Crippen LogP contribution in [0.2, 0.25) is 0 Å². The van der Waals surface area contributed by atoms with E-state index in [1.807, 2.05) is 24.3 Å². The van der Waals surface area contributed by atoms with E-state index in [1.165, 1.54) is 5.56 Å². The van der Waals surface area contributed by atoms with E-state index in [9.17, 15) is 5.26 Å². The van der Waals surface area contributed by atoms with Crippen LogP contribution in [0.15, 0.2) is 42.6 Å². The zero-order valence-electron chi connectivity index (χ0n) is 14.9. The Morgan fingerprint density at radius 3 is 2.58 bits per heavy atom. The number of methoxy groups -OCH3 is 2. The van der Waals surface area contributed by atoms with Crippen LogP contribution >= 0.6 is 12.4 Å². The average Bonchev–Trinajstić information content (AvgIpc) is 2.67. The Hall–Kier alpha value is -2.97. The number of rotatable bonds is 5. The third-order valence-corrected chi connectivity index (χ3v) is 4.13. The molecule has 0 aliphatic carbocycles. The summed E-state index contributed by atoms with van der Waals surface area (Å²) in [7, 11) is 3.22. The number of hydrogen-bond donors (Lipinski definition) is 1. The molecule has 1 N–H and O–H groups in total. The molecule has 0 saturated heterocycles. The second-order valence-corrected chi connectivity index (χ2v) is 5.55. The van der Waals surface area contributed by atoms with Gasteiger partial charge in [0.2, 0.25) is 0 Å². The number of hydrogen-bond acceptors (Lipinski definition) is 5. The Morgan fingerprint density at radius 1 is 1.12 bits per heavy atom. The summed E-state index contributed by atoms with van der Waals surface area (Å²) in [6, 6.07) is 13.8. The minimum Gasteiger partial charge on any atom is -0.497 e. The number of nitriles is 1. The van der Waals surface area contributed by atoms with Crippen LogP contribution in [-0.2, 0) is 6.42 Å². The highest BCUT2D eigenvalue weighted by atomic mass is 35.5. The summed E-state index contributed by atoms with van der Waals surface area (Å²) in [5.41, 5.74) is 3.94. The lowest BCUT2D eigenvalue weighted by molar-refractivity contribution is 0.405. The van der Waals surface area contributed by atoms with Gasteiger partial charge in [0.15, 0.2) is 0 Å². The van der Waals surface area contributed by atoms with E-state index in [0.717, 1.165) is 23.0 Å². The first-order valence-corrected chi connectivity index (χ1v) is 8.01. The van der Waals surface area contributed by atoms with Crippen molar-refractivity contribution in [2.45, 2.75) is 13.3 Å². The second-order valence-electron chi connectivity index (χ2n) is 5.55. The van der Waals surface area contributed by atoms with E-state index in [1.54, 1.807) is 20.4 Å². The van der Waals surface area contributed by atoms with Gasteiger partial charge < -0.3 is 14.8 Å². The van der Waals surface area contributed by atoms with Crippen molar-refractivity contribution < 1.29 is 9.47 Å². The lowest BCUT2D eigenvalue weighted by atomic mass is 10.0. The van der Waals surface area contributed by atoms with Gasteiger partial charge in [-0.3, -0.25) is 4.98 Å². The highest BCUT2D eigenvalue weighted by Gasteiger charge is 2.13. The van der Waals surface area contributed by atoms with Crippen molar-refractivity contribution in [1.29, 1.82) is 5.26 Å². The third-order valence-electron chi connectivity index (χ3n) is 4.13. The Kier molecular flexibility index (Phi) is 6.26. The highest BCUT2D eigenvalue weighted by Crippen LogP contribution is 2.35. The van der Waals surface area contributed by atoms with Crippen molar-refractivity contribution in [3.05, 3.63) is 53.7 Å². The van der Waals surface area contributed by atoms with E-state index in [0.29, 0.717) is 22.7 Å². The van der Waals surface area contributed by atoms with Crippen LogP contribution < -0.4 is 14.8 Å². The minimum absolute atomic E-state index is 0. The summed E-state index contributed by atoms with van der Waals surface area (Å²) in [6.07, 6.45) is 2.50. The second kappa shape index (κ2) is 8.41. The molecule has 0 spiro atoms. The number of benzene rings is 2. The highest BCUT2D eigenvalue weighted by molar-refractivity contribution is 5.96. The van der Waals surface area contributed by atoms with Crippen molar-refractivity contribution >= 4 is 34.7 Å². The smallest absolute Gasteiger partial charge is 0.142 e. The third kappa shape index (κ3) is 3.66. The summed E-state index contributed by atoms with van der Waals surface area (Å²) < 4.78 is 10.7. The molecule has 3 aromatic rings. The molecule has 3 rings (SSSR count). The van der Waals surface area contributed by atoms with Crippen molar-refractivity contribution in [3.8, 4) is 17.6 Å². The van der Waals surface area contributed by atoms with Gasteiger partial charge in [-0.1, -0.05) is 13.0 Å². The van der Waals surface area contributed by atoms with E-state index in [2.05, 4.69) is 35.4 Å². The molecule has 1 heterocycles. The molecular formula is C20H20ClN3O2. The molecule has 26 heavy (non-hydrogen) atoms. The lowest BCUT2D eigenvalue weighted by Crippen LogP contribution is -2.00. The summed E-state index contributed by atoms with van der Waals surface area (Å²) in [5.74, 6) is 1.37. The number of fused-ring (bicyclic) bond motifs is 1. The van der Waals surface area contributed by atoms with Gasteiger partial charge in [-0.25, -0.2) is 0 Å². The lowest BCUT2D eigenvalue weighted by Gasteiger charge is -2.15. The zero-order valence-corrected chi connectivity index (χ0v) is 15.7. The molecule has 0 saturated carbocycles. The van der Waals surface area contributed by atoms with Crippen molar-refractivity contribution in [2.24, 2.45) is 0 Å². The van der Waals surface area contributed by atoms with Crippen LogP contribution in [0.1, 0.15) is 18.1 Å². The molecular weight excluding hydrogens is 350 g/mol. The number of anilines is 2. The predicted octanol–water partition coefficient (Wildman–Crippen LogP) is 4.85. The molecule has 6 heteroatoms. The molecule has 2 aromatic carbocycles. The van der Waals surface area contributed by atoms with E-state index in [4.69, 9.17) is 9.47 Å². The van der Waals surface area contributed by atoms with Crippen LogP contribution in [-0.4, -0.2) is 19.2 Å². The van der Waals surface area contributed by atoms with Crippen molar-refractivity contribution in [3.63, 3.8) is 0 Å². The number of aryl methyl sites for hydroxylation is 1. The maximum atomic E-state index is 9.52. The first kappa shape index (κ1) is 19.4. The van der Waals surface area contributed by atoms with Crippen molar-refractivity contribution in [2.75, 3.05) is 19.5 Å². The number of nitrogens with one attached hydrogen (secondary N) is 1. The maximum absolute atomic E-state index is 9.52. The Bertz CT molecular complexity index is 967. The standard InChI is InChI=1S/C20H19N3O2.ClH/c1-4-13-5-7-17-16(9-13)20(14(11-21)12-22-17)23-18-10-15(24-2)6-8-19(18)25-3;/h5-10,12H,4H2,1-3H3,(H,22,23);1H. The SMILES string of the molecule is CCc1ccc2ncc(C#N)c(Nc3cc(OC)ccc3OC)c2c1.Cl. The monoisotopic (exact) mass is 369 g/mol. The van der Waals surface area contributed by atoms with Gasteiger partial charge in [-0.05, 0) is 36.2 Å². The van der Waals surface area contributed by atoms with Crippen LogP contribution in [0, 0.1) is 11.3 Å². The van der Waals surface area contributed by atoms with Crippen LogP contribution in [0.25, 0.3) is 10.9 Å². The minimum atomic E-state index is 0. The van der Waals surface area contributed by atoms with E-state index in [-0.39, 0.29) is 12.4 Å². The van der Waals surface area contributed by atoms with Gasteiger partial charge in [0.05, 0.1) is 36.7 Å². The molecule has 0 atom stereocenters. The molecule has 0 aliphatic heterocycles. The number of ether oxygens (including phenoxy) is 2. The Balaban J connectivity index is 0.00000243. The molecule has 134 valence electrons. The Morgan fingerprint density at radius 2 is 1.92 bits per heavy atom. The van der Waals surface area contributed by atoms with Crippen LogP contribution in [0.5, 0.6) is 11.5 Å². The average molecular weight is 370 g/mol. The van der Waals surface area contributed by atoms with Crippen LogP contribution in [0.3, 0.4) is 0 Å². The molecule has 5 nitrogen and oxygen atoms in total. The largest absolute Gasteiger partial charge is 0.497 e. The fourth-order valence-corrected chi connectivity index (χ4v) is 2.73. The molecule has 0 radical (unpaired) electrons. The number of nitrogens with zero attached hydrogens (tertiary/aromatic N) is 2. The fourth-order valence-electron chi connectivity index (χ4n) is 2.73. The van der Waals surface area contributed by atoms with Gasteiger partial charge >= 0.3 is 0 Å². The zero-order chi connectivity index (χ0) is 17.8. The van der Waals surface area contributed by atoms with Gasteiger partial charge in [-0.15, -0.1) is 12.4 Å². The molecule has 1 aromatic heterocycles. The molecule has 0 amide bonds. The predicted molar refractivity (Wildman–Crippen MR) is 106 cm³/mol. The molecule has 0 bridgehead atoms. The van der Waals surface area contributed by atoms with Crippen molar-refractivity contribution in [1.82, 2.24) is 4.98 Å². The van der Waals surface area contributed by atoms with Gasteiger partial charge in [0, 0.05) is 17.6 Å². The van der Waals surface area contributed by atoms with Gasteiger partial charge in [0.25, 0.3) is 0 Å². The number of pyridine rings is 1. The summed E-state index contributed by atoms with van der Waals surface area (Å²) in [5, 5.41) is 13.8. The van der Waals surface area contributed by atoms with Crippen LogP contribution in [0.4, 0.5) is 11.4 Å². The molecule has 0 unspecified atom stereocenters. The maximum Gasteiger partial charge on any atom is 0.142 e. The molecule has 0 aliphatic rings.